The van der Waals surface area contributed by atoms with E-state index in [0.717, 1.165) is 6.42 Å². The number of aryl methyl sites for hydroxylation is 1. The minimum Gasteiger partial charge on any atom is -0.297 e. The number of carbonyl (C=O) groups excluding carboxylic acids is 2. The quantitative estimate of drug-likeness (QED) is 0.624. The van der Waals surface area contributed by atoms with Gasteiger partial charge in [-0.15, -0.1) is 11.3 Å². The van der Waals surface area contributed by atoms with Gasteiger partial charge in [0.05, 0.1) is 6.07 Å². The first-order chi connectivity index (χ1) is 10.6. The van der Waals surface area contributed by atoms with Gasteiger partial charge in [-0.2, -0.15) is 5.26 Å². The maximum atomic E-state index is 12.5. The average molecular weight is 309 g/mol. The molecule has 3 rings (SSSR count). The lowest BCUT2D eigenvalue weighted by atomic mass is 9.92. The Morgan fingerprint density at radius 3 is 2.55 bits per heavy atom. The third-order valence-corrected chi connectivity index (χ3v) is 5.15. The van der Waals surface area contributed by atoms with E-state index in [1.54, 1.807) is 41.7 Å². The molecule has 0 spiro atoms. The van der Waals surface area contributed by atoms with E-state index in [2.05, 4.69) is 0 Å². The Kier molecular flexibility index (Phi) is 3.91. The Balaban J connectivity index is 1.74. The van der Waals surface area contributed by atoms with Crippen LogP contribution in [-0.2, 0) is 4.79 Å². The lowest BCUT2D eigenvalue weighted by molar-refractivity contribution is -0.121. The van der Waals surface area contributed by atoms with Gasteiger partial charge in [-0.3, -0.25) is 9.59 Å². The second kappa shape index (κ2) is 5.86. The second-order valence-corrected chi connectivity index (χ2v) is 6.91. The maximum absolute atomic E-state index is 12.5. The summed E-state index contributed by atoms with van der Waals surface area (Å²) in [6.45, 7) is 2.03. The van der Waals surface area contributed by atoms with Crippen molar-refractivity contribution in [1.82, 2.24) is 0 Å². The Bertz CT molecular complexity index is 757. The summed E-state index contributed by atoms with van der Waals surface area (Å²) in [7, 11) is 0. The molecule has 3 atom stereocenters. The molecule has 1 aromatic heterocycles. The Morgan fingerprint density at radius 1 is 1.23 bits per heavy atom. The van der Waals surface area contributed by atoms with E-state index in [1.807, 2.05) is 25.1 Å². The number of ketones is 2. The number of hydrogen-bond acceptors (Lipinski definition) is 4. The second-order valence-electron chi connectivity index (χ2n) is 5.59. The number of carbonyl (C=O) groups is 2. The third kappa shape index (κ3) is 2.72. The van der Waals surface area contributed by atoms with E-state index in [9.17, 15) is 14.9 Å². The molecule has 1 saturated carbocycles. The van der Waals surface area contributed by atoms with Crippen LogP contribution in [0.5, 0.6) is 0 Å². The number of hydrogen-bond donors (Lipinski definition) is 0. The van der Waals surface area contributed by atoms with Crippen LogP contribution in [0.15, 0.2) is 42.5 Å². The number of nitriles is 1. The van der Waals surface area contributed by atoms with Gasteiger partial charge in [0.2, 0.25) is 0 Å². The molecule has 0 amide bonds. The zero-order valence-electron chi connectivity index (χ0n) is 12.2. The summed E-state index contributed by atoms with van der Waals surface area (Å²) in [5.41, 5.74) is 0.423. The zero-order valence-corrected chi connectivity index (χ0v) is 13.0. The van der Waals surface area contributed by atoms with Crippen molar-refractivity contribution >= 4 is 22.9 Å². The number of thiophene rings is 1. The van der Waals surface area contributed by atoms with Crippen LogP contribution >= 0.6 is 11.3 Å². The van der Waals surface area contributed by atoms with Crippen molar-refractivity contribution < 1.29 is 9.59 Å². The summed E-state index contributed by atoms with van der Waals surface area (Å²) in [5, 5.41) is 9.28. The van der Waals surface area contributed by atoms with Gasteiger partial charge in [-0.1, -0.05) is 30.3 Å². The van der Waals surface area contributed by atoms with E-state index in [0.29, 0.717) is 5.56 Å². The third-order valence-electron chi connectivity index (χ3n) is 4.02. The number of nitrogens with zero attached hydrogens (tertiary/aromatic N) is 1. The highest BCUT2D eigenvalue weighted by Crippen LogP contribution is 2.51. The Morgan fingerprint density at radius 2 is 1.95 bits per heavy atom. The van der Waals surface area contributed by atoms with Gasteiger partial charge in [0, 0.05) is 27.2 Å². The van der Waals surface area contributed by atoms with Gasteiger partial charge in [0.1, 0.15) is 0 Å². The minimum absolute atomic E-state index is 0.185. The lowest BCUT2D eigenvalue weighted by Crippen LogP contribution is -2.24. The molecule has 3 unspecified atom stereocenters. The van der Waals surface area contributed by atoms with Crippen molar-refractivity contribution in [2.75, 3.05) is 0 Å². The van der Waals surface area contributed by atoms with Gasteiger partial charge >= 0.3 is 0 Å². The van der Waals surface area contributed by atoms with E-state index < -0.39 is 5.92 Å². The van der Waals surface area contributed by atoms with Crippen LogP contribution in [0.25, 0.3) is 0 Å². The normalized spacial score (nSPS) is 20.9. The van der Waals surface area contributed by atoms with Gasteiger partial charge in [0.25, 0.3) is 0 Å². The predicted octanol–water partition coefficient (Wildman–Crippen LogP) is 3.75. The largest absolute Gasteiger partial charge is 0.297 e. The van der Waals surface area contributed by atoms with Crippen molar-refractivity contribution in [3.8, 4) is 6.07 Å². The van der Waals surface area contributed by atoms with E-state index in [-0.39, 0.29) is 23.4 Å². The highest BCUT2D eigenvalue weighted by atomic mass is 32.1. The van der Waals surface area contributed by atoms with Gasteiger partial charge in [-0.25, -0.2) is 0 Å². The standard InChI is InChI=1S/C18H15NO2S/c1-11-7-8-16(22-11)13-9-14(13)18(21)15(10-19)17(20)12-5-3-2-4-6-12/h2-8,13-15H,9H2,1H3. The molecule has 0 radical (unpaired) electrons. The first kappa shape index (κ1) is 14.7. The number of rotatable bonds is 5. The van der Waals surface area contributed by atoms with E-state index >= 15 is 0 Å². The smallest absolute Gasteiger partial charge is 0.187 e. The van der Waals surface area contributed by atoms with E-state index in [1.165, 1.54) is 9.75 Å². The van der Waals surface area contributed by atoms with Crippen LogP contribution in [0.3, 0.4) is 0 Å². The van der Waals surface area contributed by atoms with Crippen molar-refractivity contribution in [1.29, 1.82) is 5.26 Å². The van der Waals surface area contributed by atoms with Crippen LogP contribution in [0.4, 0.5) is 0 Å². The van der Waals surface area contributed by atoms with Crippen LogP contribution < -0.4 is 0 Å². The monoisotopic (exact) mass is 309 g/mol. The minimum atomic E-state index is -1.18. The molecular formula is C18H15NO2S. The summed E-state index contributed by atoms with van der Waals surface area (Å²) in [6.07, 6.45) is 0.749. The first-order valence-electron chi connectivity index (χ1n) is 7.20. The maximum Gasteiger partial charge on any atom is 0.187 e. The zero-order chi connectivity index (χ0) is 15.7. The molecule has 1 aliphatic rings. The molecule has 4 heteroatoms. The topological polar surface area (TPSA) is 57.9 Å². The SMILES string of the molecule is Cc1ccc(C2CC2C(=O)C(C#N)C(=O)c2ccccc2)s1. The molecule has 110 valence electrons. The molecule has 1 aliphatic carbocycles. The van der Waals surface area contributed by atoms with E-state index in [4.69, 9.17) is 0 Å². The molecule has 1 aromatic carbocycles. The van der Waals surface area contributed by atoms with Crippen molar-refractivity contribution in [2.24, 2.45) is 11.8 Å². The number of Topliss-reactive ketones (excluding diaryl/α,β-unsaturated/α-hetero) is 2. The van der Waals surface area contributed by atoms with Crippen LogP contribution in [0.2, 0.25) is 0 Å². The fraction of sp³-hybridized carbons (Fsp3) is 0.278. The highest BCUT2D eigenvalue weighted by Gasteiger charge is 2.48. The van der Waals surface area contributed by atoms with Gasteiger partial charge in [-0.05, 0) is 25.5 Å². The summed E-state index contributed by atoms with van der Waals surface area (Å²) in [6, 6.07) is 14.5. The molecule has 0 saturated heterocycles. The molecule has 22 heavy (non-hydrogen) atoms. The fourth-order valence-corrected chi connectivity index (χ4v) is 3.77. The van der Waals surface area contributed by atoms with Crippen molar-refractivity contribution in [3.63, 3.8) is 0 Å². The summed E-state index contributed by atoms with van der Waals surface area (Å²) in [5.74, 6) is -1.80. The number of benzene rings is 1. The van der Waals surface area contributed by atoms with Crippen molar-refractivity contribution in [2.45, 2.75) is 19.3 Å². The molecule has 1 heterocycles. The van der Waals surface area contributed by atoms with Crippen LogP contribution in [-0.4, -0.2) is 11.6 Å². The highest BCUT2D eigenvalue weighted by molar-refractivity contribution is 7.12. The molecular weight excluding hydrogens is 294 g/mol. The summed E-state index contributed by atoms with van der Waals surface area (Å²) >= 11 is 1.68. The molecule has 1 fully saturated rings. The molecule has 3 nitrogen and oxygen atoms in total. The Labute approximate surface area is 133 Å². The molecule has 0 N–H and O–H groups in total. The van der Waals surface area contributed by atoms with Gasteiger partial charge < -0.3 is 0 Å². The van der Waals surface area contributed by atoms with Gasteiger partial charge in [0.15, 0.2) is 17.5 Å². The fourth-order valence-electron chi connectivity index (χ4n) is 2.71. The van der Waals surface area contributed by atoms with Crippen LogP contribution in [0.1, 0.15) is 32.5 Å². The molecule has 0 bridgehead atoms. The molecule has 2 aromatic rings. The molecule has 0 aliphatic heterocycles. The Hall–Kier alpha value is -2.25. The van der Waals surface area contributed by atoms with Crippen molar-refractivity contribution in [3.05, 3.63) is 57.8 Å². The summed E-state index contributed by atoms with van der Waals surface area (Å²) in [4.78, 5) is 27.3. The summed E-state index contributed by atoms with van der Waals surface area (Å²) < 4.78 is 0. The first-order valence-corrected chi connectivity index (χ1v) is 8.02. The lowest BCUT2D eigenvalue weighted by Gasteiger charge is -2.07. The van der Waals surface area contributed by atoms with Crippen LogP contribution in [0, 0.1) is 30.1 Å². The predicted molar refractivity (Wildman–Crippen MR) is 84.8 cm³/mol. The average Bonchev–Trinajstić information content (AvgIpc) is 3.23.